The zero-order valence-corrected chi connectivity index (χ0v) is 5.22. The van der Waals surface area contributed by atoms with Gasteiger partial charge in [0.1, 0.15) is 18.6 Å². The number of hydrogen-bond donors (Lipinski definition) is 1. The van der Waals surface area contributed by atoms with Gasteiger partial charge in [-0.2, -0.15) is 5.11 Å². The van der Waals surface area contributed by atoms with E-state index in [1.807, 2.05) is 13.0 Å². The topological polar surface area (TPSA) is 45.4 Å². The number of hydrogen-bond acceptors (Lipinski definition) is 3. The third-order valence-electron chi connectivity index (χ3n) is 1.04. The second kappa shape index (κ2) is 2.44. The van der Waals surface area contributed by atoms with Gasteiger partial charge >= 0.3 is 0 Å². The van der Waals surface area contributed by atoms with E-state index in [1.54, 1.807) is 0 Å². The van der Waals surface area contributed by atoms with Crippen molar-refractivity contribution in [2.24, 2.45) is 5.11 Å². The van der Waals surface area contributed by atoms with Crippen LogP contribution < -0.4 is 0 Å². The van der Waals surface area contributed by atoms with Crippen molar-refractivity contribution in [2.75, 3.05) is 6.61 Å². The highest BCUT2D eigenvalue weighted by Gasteiger charge is 1.98. The molecule has 0 amide bonds. The molecule has 0 fully saturated rings. The molecule has 0 unspecified atom stereocenters. The van der Waals surface area contributed by atoms with Gasteiger partial charge in [-0.3, -0.25) is 0 Å². The molecule has 0 bridgehead atoms. The maximum absolute atomic E-state index is 6.62. The number of nitrogens with one attached hydrogen (secondary N) is 1. The normalized spacial score (nSPS) is 17.4. The van der Waals surface area contributed by atoms with Crippen molar-refractivity contribution in [1.82, 2.24) is 0 Å². The predicted molar refractivity (Wildman–Crippen MR) is 32.9 cm³/mol. The van der Waals surface area contributed by atoms with Gasteiger partial charge in [0.2, 0.25) is 0 Å². The predicted octanol–water partition coefficient (Wildman–Crippen LogP) is 1.84. The van der Waals surface area contributed by atoms with Gasteiger partial charge in [0.05, 0.1) is 0 Å². The molecule has 9 heavy (non-hydrogen) atoms. The highest BCUT2D eigenvalue weighted by molar-refractivity contribution is 5.22. The summed E-state index contributed by atoms with van der Waals surface area (Å²) in [6.07, 6.45) is 3.32. The first kappa shape index (κ1) is 6.01. The van der Waals surface area contributed by atoms with E-state index in [0.29, 0.717) is 12.3 Å². The van der Waals surface area contributed by atoms with Crippen LogP contribution in [0.15, 0.2) is 28.7 Å². The number of nitrogens with zero attached hydrogens (tertiary/aromatic N) is 1. The molecule has 1 rings (SSSR count). The van der Waals surface area contributed by atoms with Crippen molar-refractivity contribution >= 4 is 0 Å². The van der Waals surface area contributed by atoms with E-state index < -0.39 is 0 Å². The summed E-state index contributed by atoms with van der Waals surface area (Å²) in [4.78, 5) is 0. The summed E-state index contributed by atoms with van der Waals surface area (Å²) in [5.74, 6) is 0. The summed E-state index contributed by atoms with van der Waals surface area (Å²) in [5, 5.41) is 3.21. The fraction of sp³-hybridized carbons (Fsp3) is 0.333. The monoisotopic (exact) mass is 124 g/mol. The molecule has 0 aromatic heterocycles. The summed E-state index contributed by atoms with van der Waals surface area (Å²) >= 11 is 0. The first-order valence-electron chi connectivity index (χ1n) is 2.69. The molecule has 1 aliphatic rings. The molecular weight excluding hydrogens is 116 g/mol. The first-order valence-corrected chi connectivity index (χ1v) is 2.69. The summed E-state index contributed by atoms with van der Waals surface area (Å²) in [7, 11) is 0. The molecule has 0 aliphatic carbocycles. The molecule has 1 N–H and O–H groups in total. The maximum Gasteiger partial charge on any atom is 0.119 e. The Morgan fingerprint density at radius 3 is 3.00 bits per heavy atom. The lowest BCUT2D eigenvalue weighted by Gasteiger charge is -2.06. The van der Waals surface area contributed by atoms with Gasteiger partial charge in [0.15, 0.2) is 0 Å². The standard InChI is InChI=1S/C6H8N2O/c1-5-2-6(8-7)4-9-3-5/h2,4,7H,3H2,1H3. The Hall–Kier alpha value is -1.12. The minimum absolute atomic E-state index is 0.582. The highest BCUT2D eigenvalue weighted by Crippen LogP contribution is 2.09. The lowest BCUT2D eigenvalue weighted by molar-refractivity contribution is 0.272. The van der Waals surface area contributed by atoms with Crippen LogP contribution in [0.2, 0.25) is 0 Å². The SMILES string of the molecule is CC1=CC(N=N)=COC1. The van der Waals surface area contributed by atoms with Gasteiger partial charge in [-0.1, -0.05) is 0 Å². The lowest BCUT2D eigenvalue weighted by Crippen LogP contribution is -1.95. The van der Waals surface area contributed by atoms with Crippen molar-refractivity contribution in [3.63, 3.8) is 0 Å². The highest BCUT2D eigenvalue weighted by atomic mass is 16.5. The van der Waals surface area contributed by atoms with Crippen LogP contribution in [0.5, 0.6) is 0 Å². The van der Waals surface area contributed by atoms with Crippen molar-refractivity contribution in [1.29, 1.82) is 5.53 Å². The average molecular weight is 124 g/mol. The minimum atomic E-state index is 0.582. The summed E-state index contributed by atoms with van der Waals surface area (Å²) in [6.45, 7) is 2.57. The van der Waals surface area contributed by atoms with E-state index >= 15 is 0 Å². The zero-order chi connectivity index (χ0) is 6.69. The number of rotatable bonds is 1. The van der Waals surface area contributed by atoms with Gasteiger partial charge in [-0.25, -0.2) is 5.53 Å². The molecule has 1 aliphatic heterocycles. The van der Waals surface area contributed by atoms with E-state index in [2.05, 4.69) is 5.11 Å². The van der Waals surface area contributed by atoms with Gasteiger partial charge in [-0.15, -0.1) is 0 Å². The van der Waals surface area contributed by atoms with Gasteiger partial charge < -0.3 is 4.74 Å². The van der Waals surface area contributed by atoms with Crippen molar-refractivity contribution < 1.29 is 4.74 Å². The van der Waals surface area contributed by atoms with Crippen LogP contribution in [0, 0.1) is 5.53 Å². The number of ether oxygens (including phenoxy) is 1. The van der Waals surface area contributed by atoms with Crippen molar-refractivity contribution in [3.05, 3.63) is 23.6 Å². The summed E-state index contributed by atoms with van der Waals surface area (Å²) in [6, 6.07) is 0. The second-order valence-corrected chi connectivity index (χ2v) is 1.96. The minimum Gasteiger partial charge on any atom is -0.495 e. The van der Waals surface area contributed by atoms with Crippen molar-refractivity contribution in [2.45, 2.75) is 6.92 Å². The zero-order valence-electron chi connectivity index (χ0n) is 5.22. The number of allylic oxidation sites excluding steroid dienone is 1. The third-order valence-corrected chi connectivity index (χ3v) is 1.04. The maximum atomic E-state index is 6.62. The van der Waals surface area contributed by atoms with Crippen LogP contribution in [0.25, 0.3) is 0 Å². The quantitative estimate of drug-likeness (QED) is 0.532. The van der Waals surface area contributed by atoms with Gasteiger partial charge in [0, 0.05) is 0 Å². The lowest BCUT2D eigenvalue weighted by atomic mass is 10.2. The summed E-state index contributed by atoms with van der Waals surface area (Å²) < 4.78 is 4.94. The Balaban J connectivity index is 2.74. The van der Waals surface area contributed by atoms with Gasteiger partial charge in [-0.05, 0) is 18.6 Å². The molecule has 0 aromatic rings. The average Bonchev–Trinajstić information content (AvgIpc) is 1.88. The van der Waals surface area contributed by atoms with Gasteiger partial charge in [0.25, 0.3) is 0 Å². The molecule has 3 nitrogen and oxygen atoms in total. The van der Waals surface area contributed by atoms with Crippen LogP contribution >= 0.6 is 0 Å². The molecule has 3 heteroatoms. The fourth-order valence-corrected chi connectivity index (χ4v) is 0.645. The largest absolute Gasteiger partial charge is 0.495 e. The second-order valence-electron chi connectivity index (χ2n) is 1.96. The van der Waals surface area contributed by atoms with Crippen molar-refractivity contribution in [3.8, 4) is 0 Å². The Morgan fingerprint density at radius 1 is 1.78 bits per heavy atom. The molecule has 0 spiro atoms. The fourth-order valence-electron chi connectivity index (χ4n) is 0.645. The third kappa shape index (κ3) is 1.38. The Morgan fingerprint density at radius 2 is 2.56 bits per heavy atom. The van der Waals surface area contributed by atoms with Crippen LogP contribution in [0.4, 0.5) is 0 Å². The molecular formula is C6H8N2O. The first-order chi connectivity index (χ1) is 4.33. The Labute approximate surface area is 53.5 Å². The Bertz CT molecular complexity index is 181. The van der Waals surface area contributed by atoms with Crippen LogP contribution in [0.1, 0.15) is 6.92 Å². The van der Waals surface area contributed by atoms with E-state index in [9.17, 15) is 0 Å². The van der Waals surface area contributed by atoms with Crippen LogP contribution in [-0.4, -0.2) is 6.61 Å². The molecule has 0 saturated carbocycles. The molecule has 0 saturated heterocycles. The van der Waals surface area contributed by atoms with Crippen LogP contribution in [-0.2, 0) is 4.74 Å². The van der Waals surface area contributed by atoms with Crippen LogP contribution in [0.3, 0.4) is 0 Å². The molecule has 0 aromatic carbocycles. The Kier molecular flexibility index (Phi) is 1.63. The molecule has 0 radical (unpaired) electrons. The molecule has 1 heterocycles. The van der Waals surface area contributed by atoms with E-state index in [4.69, 9.17) is 10.3 Å². The smallest absolute Gasteiger partial charge is 0.119 e. The summed E-state index contributed by atoms with van der Waals surface area (Å²) in [5.41, 5.74) is 8.30. The van der Waals surface area contributed by atoms with E-state index in [1.165, 1.54) is 6.26 Å². The molecule has 48 valence electrons. The van der Waals surface area contributed by atoms with E-state index in [-0.39, 0.29) is 0 Å². The van der Waals surface area contributed by atoms with E-state index in [0.717, 1.165) is 5.57 Å². The molecule has 0 atom stereocenters.